The SMILES string of the molecule is Cc1ccc(NC(=O)N2CCCC2c2nnc(C(=O)Nc3cccc(F)c3)s2)cc1Cl. The van der Waals surface area contributed by atoms with Gasteiger partial charge in [0, 0.05) is 22.9 Å². The van der Waals surface area contributed by atoms with Gasteiger partial charge in [-0.1, -0.05) is 35.1 Å². The molecule has 1 saturated heterocycles. The van der Waals surface area contributed by atoms with Crippen molar-refractivity contribution in [2.45, 2.75) is 25.8 Å². The Kier molecular flexibility index (Phi) is 6.15. The van der Waals surface area contributed by atoms with E-state index in [2.05, 4.69) is 20.8 Å². The third-order valence-corrected chi connectivity index (χ3v) is 6.37. The maximum atomic E-state index is 13.3. The summed E-state index contributed by atoms with van der Waals surface area (Å²) in [5, 5.41) is 14.9. The summed E-state index contributed by atoms with van der Waals surface area (Å²) < 4.78 is 13.3. The van der Waals surface area contributed by atoms with Gasteiger partial charge < -0.3 is 15.5 Å². The van der Waals surface area contributed by atoms with Crippen LogP contribution in [0.15, 0.2) is 42.5 Å². The quantitative estimate of drug-likeness (QED) is 0.557. The number of nitrogens with one attached hydrogen (secondary N) is 2. The first-order valence-corrected chi connectivity index (χ1v) is 10.8. The number of rotatable bonds is 4. The summed E-state index contributed by atoms with van der Waals surface area (Å²) in [4.78, 5) is 26.9. The number of anilines is 2. The molecule has 0 aliphatic carbocycles. The highest BCUT2D eigenvalue weighted by Crippen LogP contribution is 2.34. The fourth-order valence-electron chi connectivity index (χ4n) is 3.34. The minimum atomic E-state index is -0.474. The topological polar surface area (TPSA) is 87.2 Å². The molecular formula is C21H19ClFN5O2S. The number of benzene rings is 2. The monoisotopic (exact) mass is 459 g/mol. The lowest BCUT2D eigenvalue weighted by Crippen LogP contribution is -2.34. The molecule has 7 nitrogen and oxygen atoms in total. The third kappa shape index (κ3) is 4.83. The molecule has 1 fully saturated rings. The van der Waals surface area contributed by atoms with E-state index in [1.807, 2.05) is 13.0 Å². The molecule has 10 heteroatoms. The molecule has 0 bridgehead atoms. The first-order valence-electron chi connectivity index (χ1n) is 9.65. The van der Waals surface area contributed by atoms with E-state index in [0.29, 0.717) is 27.9 Å². The molecule has 3 aromatic rings. The first-order chi connectivity index (χ1) is 14.9. The fraction of sp³-hybridized carbons (Fsp3) is 0.238. The molecule has 0 saturated carbocycles. The fourth-order valence-corrected chi connectivity index (χ4v) is 4.41. The van der Waals surface area contributed by atoms with Gasteiger partial charge in [-0.3, -0.25) is 4.79 Å². The molecule has 0 radical (unpaired) electrons. The van der Waals surface area contributed by atoms with E-state index in [-0.39, 0.29) is 17.1 Å². The van der Waals surface area contributed by atoms with E-state index >= 15 is 0 Å². The highest BCUT2D eigenvalue weighted by Gasteiger charge is 2.33. The van der Waals surface area contributed by atoms with E-state index < -0.39 is 11.7 Å². The normalized spacial score (nSPS) is 15.7. The second-order valence-corrected chi connectivity index (χ2v) is 8.57. The molecule has 2 N–H and O–H groups in total. The van der Waals surface area contributed by atoms with Crippen molar-refractivity contribution in [2.75, 3.05) is 17.2 Å². The number of hydrogen-bond acceptors (Lipinski definition) is 5. The molecular weight excluding hydrogens is 441 g/mol. The molecule has 2 aromatic carbocycles. The van der Waals surface area contributed by atoms with Crippen LogP contribution in [-0.2, 0) is 0 Å². The average Bonchev–Trinajstić information content (AvgIpc) is 3.40. The Labute approximate surface area is 187 Å². The zero-order valence-electron chi connectivity index (χ0n) is 16.6. The van der Waals surface area contributed by atoms with Gasteiger partial charge in [0.2, 0.25) is 5.01 Å². The smallest absolute Gasteiger partial charge is 0.320 e. The van der Waals surface area contributed by atoms with Crippen molar-refractivity contribution in [3.63, 3.8) is 0 Å². The van der Waals surface area contributed by atoms with Gasteiger partial charge >= 0.3 is 6.03 Å². The van der Waals surface area contributed by atoms with Crippen LogP contribution < -0.4 is 10.6 Å². The summed E-state index contributed by atoms with van der Waals surface area (Å²) in [6.45, 7) is 2.46. The molecule has 31 heavy (non-hydrogen) atoms. The van der Waals surface area contributed by atoms with Crippen LogP contribution in [0.4, 0.5) is 20.6 Å². The zero-order chi connectivity index (χ0) is 22.0. The van der Waals surface area contributed by atoms with Crippen LogP contribution in [0.5, 0.6) is 0 Å². The number of aryl methyl sites for hydroxylation is 1. The van der Waals surface area contributed by atoms with Crippen LogP contribution in [0, 0.1) is 12.7 Å². The van der Waals surface area contributed by atoms with Gasteiger partial charge in [0.15, 0.2) is 0 Å². The van der Waals surface area contributed by atoms with Crippen LogP contribution in [0.3, 0.4) is 0 Å². The minimum Gasteiger partial charge on any atom is -0.320 e. The van der Waals surface area contributed by atoms with Crippen LogP contribution in [-0.4, -0.2) is 33.6 Å². The number of carbonyl (C=O) groups excluding carboxylic acids is 2. The number of nitrogens with zero attached hydrogens (tertiary/aromatic N) is 3. The summed E-state index contributed by atoms with van der Waals surface area (Å²) in [5.41, 5.74) is 1.87. The molecule has 1 aliphatic heterocycles. The molecule has 160 valence electrons. The Hall–Kier alpha value is -3.04. The van der Waals surface area contributed by atoms with Gasteiger partial charge in [-0.25, -0.2) is 9.18 Å². The van der Waals surface area contributed by atoms with Gasteiger partial charge in [0.05, 0.1) is 6.04 Å². The van der Waals surface area contributed by atoms with Gasteiger partial charge in [-0.15, -0.1) is 10.2 Å². The number of hydrogen-bond donors (Lipinski definition) is 2. The van der Waals surface area contributed by atoms with E-state index in [1.54, 1.807) is 23.1 Å². The maximum Gasteiger partial charge on any atom is 0.322 e. The Bertz CT molecular complexity index is 1140. The first kappa shape index (κ1) is 21.2. The number of likely N-dealkylation sites (tertiary alicyclic amines) is 1. The second-order valence-electron chi connectivity index (χ2n) is 7.16. The van der Waals surface area contributed by atoms with Crippen molar-refractivity contribution in [1.82, 2.24) is 15.1 Å². The summed E-state index contributed by atoms with van der Waals surface area (Å²) in [6, 6.07) is 10.4. The van der Waals surface area contributed by atoms with Crippen molar-refractivity contribution in [2.24, 2.45) is 0 Å². The van der Waals surface area contributed by atoms with Crippen molar-refractivity contribution in [3.05, 3.63) is 68.9 Å². The van der Waals surface area contributed by atoms with Crippen molar-refractivity contribution < 1.29 is 14.0 Å². The van der Waals surface area contributed by atoms with Crippen LogP contribution >= 0.6 is 22.9 Å². The number of halogens is 2. The Balaban J connectivity index is 1.45. The lowest BCUT2D eigenvalue weighted by Gasteiger charge is -2.23. The zero-order valence-corrected chi connectivity index (χ0v) is 18.1. The van der Waals surface area contributed by atoms with Gasteiger partial charge in [-0.2, -0.15) is 0 Å². The summed E-state index contributed by atoms with van der Waals surface area (Å²) >= 11 is 7.26. The summed E-state index contributed by atoms with van der Waals surface area (Å²) in [6.07, 6.45) is 1.54. The average molecular weight is 460 g/mol. The highest BCUT2D eigenvalue weighted by molar-refractivity contribution is 7.13. The Morgan fingerprint density at radius 3 is 2.74 bits per heavy atom. The summed E-state index contributed by atoms with van der Waals surface area (Å²) in [5.74, 6) is -0.920. The van der Waals surface area contributed by atoms with Crippen LogP contribution in [0.1, 0.15) is 39.3 Å². The molecule has 1 aliphatic rings. The Morgan fingerprint density at radius 2 is 1.97 bits per heavy atom. The Morgan fingerprint density at radius 1 is 1.16 bits per heavy atom. The van der Waals surface area contributed by atoms with E-state index in [4.69, 9.17) is 11.6 Å². The van der Waals surface area contributed by atoms with E-state index in [0.717, 1.165) is 29.7 Å². The minimum absolute atomic E-state index is 0.150. The van der Waals surface area contributed by atoms with Crippen LogP contribution in [0.25, 0.3) is 0 Å². The number of urea groups is 1. The number of amides is 3. The molecule has 2 heterocycles. The predicted octanol–water partition coefficient (Wildman–Crippen LogP) is 5.26. The van der Waals surface area contributed by atoms with Crippen LogP contribution in [0.2, 0.25) is 5.02 Å². The molecule has 1 unspecified atom stereocenters. The second kappa shape index (κ2) is 8.99. The molecule has 1 aromatic heterocycles. The highest BCUT2D eigenvalue weighted by atomic mass is 35.5. The molecule has 1 atom stereocenters. The van der Waals surface area contributed by atoms with Crippen molar-refractivity contribution in [1.29, 1.82) is 0 Å². The lowest BCUT2D eigenvalue weighted by molar-refractivity contribution is 0.102. The standard InChI is InChI=1S/C21H19ClFN5O2S/c1-12-7-8-15(11-16(12)22)25-21(30)28-9-3-6-17(28)19-26-27-20(31-19)18(29)24-14-5-2-4-13(23)10-14/h2,4-5,7-8,10-11,17H,3,6,9H2,1H3,(H,24,29)(H,25,30). The van der Waals surface area contributed by atoms with Gasteiger partial charge in [0.25, 0.3) is 5.91 Å². The predicted molar refractivity (Wildman–Crippen MR) is 118 cm³/mol. The maximum absolute atomic E-state index is 13.3. The largest absolute Gasteiger partial charge is 0.322 e. The van der Waals surface area contributed by atoms with Gasteiger partial charge in [0.1, 0.15) is 10.8 Å². The van der Waals surface area contributed by atoms with E-state index in [9.17, 15) is 14.0 Å². The molecule has 4 rings (SSSR count). The van der Waals surface area contributed by atoms with Crippen molar-refractivity contribution in [3.8, 4) is 0 Å². The number of aromatic nitrogens is 2. The third-order valence-electron chi connectivity index (χ3n) is 4.94. The molecule has 0 spiro atoms. The van der Waals surface area contributed by atoms with Crippen molar-refractivity contribution >= 4 is 46.3 Å². The molecule has 3 amide bonds. The van der Waals surface area contributed by atoms with Gasteiger partial charge in [-0.05, 0) is 55.7 Å². The van der Waals surface area contributed by atoms with E-state index in [1.165, 1.54) is 18.2 Å². The summed E-state index contributed by atoms with van der Waals surface area (Å²) in [7, 11) is 0. The number of carbonyl (C=O) groups is 2. The lowest BCUT2D eigenvalue weighted by atomic mass is 10.2.